The standard InChI is InChI=1S/C7H4Cl2F3N/c8-2-3-4(10)1-5(9)13-6(3)7(11)12/h1,7H,2H2. The average molecular weight is 230 g/mol. The van der Waals surface area contributed by atoms with E-state index in [0.717, 1.165) is 6.07 Å². The molecule has 1 rings (SSSR count). The van der Waals surface area contributed by atoms with Crippen LogP contribution in [0.2, 0.25) is 5.15 Å². The van der Waals surface area contributed by atoms with Gasteiger partial charge in [0.05, 0.1) is 5.88 Å². The minimum absolute atomic E-state index is 0.304. The summed E-state index contributed by atoms with van der Waals surface area (Å²) >= 11 is 10.6. The lowest BCUT2D eigenvalue weighted by Crippen LogP contribution is -2.00. The number of hydrogen-bond acceptors (Lipinski definition) is 1. The largest absolute Gasteiger partial charge is 0.280 e. The topological polar surface area (TPSA) is 12.9 Å². The molecule has 0 aliphatic carbocycles. The molecule has 72 valence electrons. The Kier molecular flexibility index (Phi) is 3.39. The maximum absolute atomic E-state index is 12.9. The third-order valence-corrected chi connectivity index (χ3v) is 1.87. The minimum atomic E-state index is -2.87. The van der Waals surface area contributed by atoms with E-state index in [4.69, 9.17) is 23.2 Å². The van der Waals surface area contributed by atoms with Crippen molar-refractivity contribution in [2.24, 2.45) is 0 Å². The number of alkyl halides is 3. The summed E-state index contributed by atoms with van der Waals surface area (Å²) in [4.78, 5) is 3.30. The Morgan fingerprint density at radius 3 is 2.54 bits per heavy atom. The van der Waals surface area contributed by atoms with Gasteiger partial charge in [-0.05, 0) is 0 Å². The number of aromatic nitrogens is 1. The highest BCUT2D eigenvalue weighted by Gasteiger charge is 2.18. The van der Waals surface area contributed by atoms with E-state index in [0.29, 0.717) is 0 Å². The third-order valence-electron chi connectivity index (χ3n) is 1.41. The monoisotopic (exact) mass is 229 g/mol. The van der Waals surface area contributed by atoms with Crippen molar-refractivity contribution >= 4 is 23.2 Å². The van der Waals surface area contributed by atoms with Crippen LogP contribution < -0.4 is 0 Å². The van der Waals surface area contributed by atoms with Crippen LogP contribution in [0.15, 0.2) is 6.07 Å². The maximum atomic E-state index is 12.9. The second-order valence-electron chi connectivity index (χ2n) is 2.22. The van der Waals surface area contributed by atoms with Crippen molar-refractivity contribution < 1.29 is 13.2 Å². The molecule has 0 saturated carbocycles. The smallest absolute Gasteiger partial charge is 0.235 e. The fraction of sp³-hybridized carbons (Fsp3) is 0.286. The van der Waals surface area contributed by atoms with Gasteiger partial charge in [0.2, 0.25) is 0 Å². The first kappa shape index (κ1) is 10.6. The van der Waals surface area contributed by atoms with E-state index in [1.807, 2.05) is 0 Å². The lowest BCUT2D eigenvalue weighted by molar-refractivity contribution is 0.144. The molecule has 1 heterocycles. The lowest BCUT2D eigenvalue weighted by atomic mass is 10.2. The van der Waals surface area contributed by atoms with Crippen molar-refractivity contribution in [2.45, 2.75) is 12.3 Å². The maximum Gasteiger partial charge on any atom is 0.280 e. The second-order valence-corrected chi connectivity index (χ2v) is 2.88. The van der Waals surface area contributed by atoms with Gasteiger partial charge in [-0.2, -0.15) is 0 Å². The van der Waals surface area contributed by atoms with Crippen molar-refractivity contribution in [3.63, 3.8) is 0 Å². The van der Waals surface area contributed by atoms with E-state index in [-0.39, 0.29) is 16.6 Å². The number of halogens is 5. The van der Waals surface area contributed by atoms with E-state index in [9.17, 15) is 13.2 Å². The van der Waals surface area contributed by atoms with E-state index >= 15 is 0 Å². The predicted octanol–water partition coefficient (Wildman–Crippen LogP) is 3.55. The Bertz CT molecular complexity index is 317. The Labute approximate surface area is 82.5 Å². The van der Waals surface area contributed by atoms with Crippen LogP contribution in [0, 0.1) is 5.82 Å². The molecular weight excluding hydrogens is 226 g/mol. The van der Waals surface area contributed by atoms with Crippen LogP contribution >= 0.6 is 23.2 Å². The Morgan fingerprint density at radius 1 is 1.46 bits per heavy atom. The van der Waals surface area contributed by atoms with Crippen LogP contribution in [0.3, 0.4) is 0 Å². The average Bonchev–Trinajstić information content (AvgIpc) is 2.02. The highest BCUT2D eigenvalue weighted by atomic mass is 35.5. The van der Waals surface area contributed by atoms with E-state index < -0.39 is 17.9 Å². The molecule has 6 heteroatoms. The summed E-state index contributed by atoms with van der Waals surface area (Å²) in [6, 6.07) is 0.852. The van der Waals surface area contributed by atoms with Gasteiger partial charge >= 0.3 is 0 Å². The molecule has 0 unspecified atom stereocenters. The zero-order valence-electron chi connectivity index (χ0n) is 6.20. The van der Waals surface area contributed by atoms with Gasteiger partial charge in [-0.15, -0.1) is 11.6 Å². The van der Waals surface area contributed by atoms with Gasteiger partial charge < -0.3 is 0 Å². The van der Waals surface area contributed by atoms with Gasteiger partial charge in [0.25, 0.3) is 6.43 Å². The number of rotatable bonds is 2. The molecule has 0 amide bonds. The summed E-state index contributed by atoms with van der Waals surface area (Å²) in [5, 5.41) is -0.304. The van der Waals surface area contributed by atoms with Crippen molar-refractivity contribution in [3.8, 4) is 0 Å². The van der Waals surface area contributed by atoms with Gasteiger partial charge in [0, 0.05) is 11.6 Å². The first-order chi connectivity index (χ1) is 6.06. The van der Waals surface area contributed by atoms with Crippen LogP contribution in [0.25, 0.3) is 0 Å². The summed E-state index contributed by atoms with van der Waals surface area (Å²) in [5.74, 6) is -1.21. The van der Waals surface area contributed by atoms with Crippen molar-refractivity contribution in [1.82, 2.24) is 4.98 Å². The van der Waals surface area contributed by atoms with Crippen molar-refractivity contribution in [1.29, 1.82) is 0 Å². The number of nitrogens with zero attached hydrogens (tertiary/aromatic N) is 1. The van der Waals surface area contributed by atoms with Gasteiger partial charge in [-0.1, -0.05) is 11.6 Å². The minimum Gasteiger partial charge on any atom is -0.235 e. The molecule has 0 atom stereocenters. The Morgan fingerprint density at radius 2 is 2.08 bits per heavy atom. The number of pyridine rings is 1. The van der Waals surface area contributed by atoms with E-state index in [1.165, 1.54) is 0 Å². The van der Waals surface area contributed by atoms with E-state index in [1.54, 1.807) is 0 Å². The molecule has 0 aliphatic rings. The molecule has 13 heavy (non-hydrogen) atoms. The first-order valence-electron chi connectivity index (χ1n) is 3.25. The SMILES string of the molecule is Fc1cc(Cl)nc(C(F)F)c1CCl. The number of hydrogen-bond donors (Lipinski definition) is 0. The highest BCUT2D eigenvalue weighted by molar-refractivity contribution is 6.29. The molecule has 0 spiro atoms. The third kappa shape index (κ3) is 2.25. The quantitative estimate of drug-likeness (QED) is 0.559. The fourth-order valence-corrected chi connectivity index (χ4v) is 1.29. The summed E-state index contributed by atoms with van der Waals surface area (Å²) in [6.45, 7) is 0. The predicted molar refractivity (Wildman–Crippen MR) is 43.7 cm³/mol. The zero-order chi connectivity index (χ0) is 10.0. The molecule has 0 fully saturated rings. The second kappa shape index (κ2) is 4.15. The summed E-state index contributed by atoms with van der Waals surface area (Å²) < 4.78 is 37.4. The van der Waals surface area contributed by atoms with Crippen LogP contribution in [-0.4, -0.2) is 4.98 Å². The van der Waals surface area contributed by atoms with Crippen LogP contribution in [0.4, 0.5) is 13.2 Å². The van der Waals surface area contributed by atoms with Crippen LogP contribution in [-0.2, 0) is 5.88 Å². The Balaban J connectivity index is 3.29. The molecule has 0 aliphatic heterocycles. The molecule has 1 nitrogen and oxygen atoms in total. The van der Waals surface area contributed by atoms with Gasteiger partial charge in [-0.3, -0.25) is 0 Å². The van der Waals surface area contributed by atoms with Crippen molar-refractivity contribution in [3.05, 3.63) is 28.3 Å². The summed E-state index contributed by atoms with van der Waals surface area (Å²) in [7, 11) is 0. The zero-order valence-corrected chi connectivity index (χ0v) is 7.71. The molecule has 0 saturated heterocycles. The summed E-state index contributed by atoms with van der Waals surface area (Å²) in [6.07, 6.45) is -2.87. The Hall–Kier alpha value is -0.480. The van der Waals surface area contributed by atoms with Crippen LogP contribution in [0.1, 0.15) is 17.7 Å². The molecule has 0 aromatic carbocycles. The highest BCUT2D eigenvalue weighted by Crippen LogP contribution is 2.26. The molecule has 0 bridgehead atoms. The van der Waals surface area contributed by atoms with Gasteiger partial charge in [-0.25, -0.2) is 18.2 Å². The van der Waals surface area contributed by atoms with Crippen molar-refractivity contribution in [2.75, 3.05) is 0 Å². The first-order valence-corrected chi connectivity index (χ1v) is 4.16. The molecular formula is C7H4Cl2F3N. The van der Waals surface area contributed by atoms with Crippen LogP contribution in [0.5, 0.6) is 0 Å². The molecule has 1 aromatic heterocycles. The summed E-state index contributed by atoms with van der Waals surface area (Å²) in [5.41, 5.74) is -0.999. The molecule has 0 N–H and O–H groups in total. The molecule has 1 aromatic rings. The lowest BCUT2D eigenvalue weighted by Gasteiger charge is -2.06. The fourth-order valence-electron chi connectivity index (χ4n) is 0.842. The molecule has 0 radical (unpaired) electrons. The normalized spacial score (nSPS) is 10.9. The van der Waals surface area contributed by atoms with E-state index in [2.05, 4.69) is 4.98 Å². The van der Waals surface area contributed by atoms with Gasteiger partial charge in [0.1, 0.15) is 16.7 Å². The van der Waals surface area contributed by atoms with Gasteiger partial charge in [0.15, 0.2) is 0 Å².